The second kappa shape index (κ2) is 28.7. The normalized spacial score (nSPS) is 13.8. The fourth-order valence-electron chi connectivity index (χ4n) is 5.82. The molecule has 2 unspecified atom stereocenters. The van der Waals surface area contributed by atoms with Crippen molar-refractivity contribution < 1.29 is 15.7 Å². The van der Waals surface area contributed by atoms with Gasteiger partial charge in [-0.3, -0.25) is 0 Å². The molecule has 0 aromatic rings. The fourth-order valence-corrected chi connectivity index (χ4v) is 21.2. The van der Waals surface area contributed by atoms with Crippen molar-refractivity contribution in [2.24, 2.45) is 11.8 Å². The first-order chi connectivity index (χ1) is 20.3. The second-order valence-corrected chi connectivity index (χ2v) is 27.9. The fraction of sp³-hybridized carbons (Fsp3) is 0.889. The van der Waals surface area contributed by atoms with Crippen molar-refractivity contribution in [2.45, 2.75) is 189 Å². The molecule has 2 atom stereocenters. The van der Waals surface area contributed by atoms with Gasteiger partial charge in [-0.05, 0) is 0 Å². The summed E-state index contributed by atoms with van der Waals surface area (Å²) < 4.78 is 17.6. The summed E-state index contributed by atoms with van der Waals surface area (Å²) in [7, 11) is 0. The molecule has 0 aliphatic rings. The van der Waals surface area contributed by atoms with Crippen LogP contribution in [0.15, 0.2) is 11.1 Å². The Labute approximate surface area is 277 Å². The molecule has 42 heavy (non-hydrogen) atoms. The topological polar surface area (TPSA) is 52.6 Å². The van der Waals surface area contributed by atoms with E-state index in [0.717, 1.165) is 120 Å². The summed E-state index contributed by atoms with van der Waals surface area (Å²) in [6.07, 6.45) is 19.4. The van der Waals surface area contributed by atoms with Gasteiger partial charge in [0.15, 0.2) is 0 Å². The van der Waals surface area contributed by atoms with Crippen molar-refractivity contribution in [3.63, 3.8) is 0 Å². The van der Waals surface area contributed by atoms with Gasteiger partial charge >= 0.3 is 280 Å². The second-order valence-electron chi connectivity index (χ2n) is 12.8. The van der Waals surface area contributed by atoms with Crippen molar-refractivity contribution in [2.75, 3.05) is 0 Å². The molecular weight excluding hydrogens is 734 g/mol. The Balaban J connectivity index is 6.71. The Morgan fingerprint density at radius 1 is 0.476 bits per heavy atom. The molecular formula is C36H72O4Sn2. The third kappa shape index (κ3) is 19.6. The molecule has 0 saturated carbocycles. The van der Waals surface area contributed by atoms with Gasteiger partial charge in [0.25, 0.3) is 0 Å². The van der Waals surface area contributed by atoms with E-state index in [2.05, 4.69) is 55.4 Å². The van der Waals surface area contributed by atoms with E-state index in [1.165, 1.54) is 0 Å². The van der Waals surface area contributed by atoms with Crippen LogP contribution in [-0.2, 0) is 15.7 Å². The Morgan fingerprint density at radius 3 is 1.00 bits per heavy atom. The maximum absolute atomic E-state index is 14.2. The van der Waals surface area contributed by atoms with E-state index in [1.54, 1.807) is 0 Å². The quantitative estimate of drug-likeness (QED) is 0.0584. The Morgan fingerprint density at radius 2 is 0.762 bits per heavy atom. The Bertz CT molecular complexity index is 635. The van der Waals surface area contributed by atoms with E-state index in [-0.39, 0.29) is 11.9 Å². The molecule has 248 valence electrons. The van der Waals surface area contributed by atoms with Crippen molar-refractivity contribution in [1.29, 1.82) is 0 Å². The van der Waals surface area contributed by atoms with Gasteiger partial charge in [-0.2, -0.15) is 0 Å². The van der Waals surface area contributed by atoms with Crippen LogP contribution in [0.4, 0.5) is 0 Å². The van der Waals surface area contributed by atoms with Gasteiger partial charge < -0.3 is 0 Å². The van der Waals surface area contributed by atoms with Crippen molar-refractivity contribution >= 4 is 52.3 Å². The van der Waals surface area contributed by atoms with E-state index in [1.807, 2.05) is 0 Å². The standard InChI is InChI=1S/C20H36O4.4C4H9.2Sn.2H/c1-5-9-11-15(7-3)13-17(19(21)22)18(20(23)24)14-16(8-4)12-10-6-2;4*1-3-4-2;;;;/h15-16H,5-14H2,1-4H3,(H,21,22)(H,23,24);4*1,3-4H2,2H3;;;;/q;;;;;2*+1;;/p-2/b18-17-;;;;;;;;. The molecule has 0 amide bonds. The summed E-state index contributed by atoms with van der Waals surface area (Å²) >= 11 is -5.00. The maximum atomic E-state index is 14.2. The predicted molar refractivity (Wildman–Crippen MR) is 188 cm³/mol. The molecule has 0 spiro atoms. The van der Waals surface area contributed by atoms with Crippen LogP contribution in [0.2, 0.25) is 17.7 Å². The van der Waals surface area contributed by atoms with Gasteiger partial charge in [-0.15, -0.1) is 0 Å². The SMILES string of the molecule is CCCCC(CC)C/C(C(=O)[O][SnH]([CH2]CCC)[CH2]CCC)=C(\CC(CC)CCCC)C(=O)[O][SnH]([CH2]CCC)[CH2]CCC. The first-order valence-electron chi connectivity index (χ1n) is 18.5. The van der Waals surface area contributed by atoms with E-state index in [0.29, 0.717) is 35.8 Å². The molecule has 0 N–H and O–H groups in total. The molecule has 6 heteroatoms. The van der Waals surface area contributed by atoms with E-state index in [4.69, 9.17) is 6.15 Å². The first kappa shape index (κ1) is 42.3. The zero-order valence-corrected chi connectivity index (χ0v) is 36.1. The summed E-state index contributed by atoms with van der Waals surface area (Å²) in [6.45, 7) is 17.9. The zero-order chi connectivity index (χ0) is 31.6. The van der Waals surface area contributed by atoms with Crippen LogP contribution in [0.5, 0.6) is 0 Å². The average Bonchev–Trinajstić information content (AvgIpc) is 3.00. The van der Waals surface area contributed by atoms with Crippen molar-refractivity contribution in [3.05, 3.63) is 11.1 Å². The summed E-state index contributed by atoms with van der Waals surface area (Å²) in [6, 6.07) is 0. The molecule has 0 aliphatic carbocycles. The Kier molecular flexibility index (Phi) is 28.9. The summed E-state index contributed by atoms with van der Waals surface area (Å²) in [5.74, 6) is 0.545. The molecule has 0 saturated heterocycles. The van der Waals surface area contributed by atoms with E-state index in [9.17, 15) is 9.59 Å². The zero-order valence-electron chi connectivity index (χ0n) is 29.5. The summed E-state index contributed by atoms with van der Waals surface area (Å²) in [5, 5.41) is 0. The monoisotopic (exact) mass is 808 g/mol. The van der Waals surface area contributed by atoms with Gasteiger partial charge in [0.2, 0.25) is 0 Å². The third-order valence-corrected chi connectivity index (χ3v) is 24.1. The van der Waals surface area contributed by atoms with Gasteiger partial charge in [-0.1, -0.05) is 0 Å². The number of rotatable bonds is 28. The van der Waals surface area contributed by atoms with Gasteiger partial charge in [0.05, 0.1) is 0 Å². The van der Waals surface area contributed by atoms with Crippen LogP contribution >= 0.6 is 0 Å². The molecule has 0 aliphatic heterocycles. The molecule has 0 aromatic heterocycles. The van der Waals surface area contributed by atoms with Crippen LogP contribution in [0.3, 0.4) is 0 Å². The van der Waals surface area contributed by atoms with Crippen LogP contribution in [0.1, 0.15) is 171 Å². The summed E-state index contributed by atoms with van der Waals surface area (Å²) in [5.41, 5.74) is 1.42. The predicted octanol–water partition coefficient (Wildman–Crippen LogP) is 11.2. The number of unbranched alkanes of at least 4 members (excludes halogenated alkanes) is 6. The van der Waals surface area contributed by atoms with Crippen LogP contribution in [0.25, 0.3) is 0 Å². The molecule has 0 radical (unpaired) electrons. The number of hydrogen-bond acceptors (Lipinski definition) is 4. The van der Waals surface area contributed by atoms with E-state index < -0.39 is 40.3 Å². The van der Waals surface area contributed by atoms with Gasteiger partial charge in [0.1, 0.15) is 0 Å². The number of hydrogen-bond donors (Lipinski definition) is 0. The molecule has 0 aromatic carbocycles. The summed E-state index contributed by atoms with van der Waals surface area (Å²) in [4.78, 5) is 28.5. The van der Waals surface area contributed by atoms with E-state index >= 15 is 0 Å². The molecule has 4 nitrogen and oxygen atoms in total. The van der Waals surface area contributed by atoms with Crippen LogP contribution in [-0.4, -0.2) is 52.3 Å². The molecule has 0 fully saturated rings. The number of carbonyl (C=O) groups is 2. The van der Waals surface area contributed by atoms with Crippen LogP contribution in [0, 0.1) is 11.8 Å². The van der Waals surface area contributed by atoms with Gasteiger partial charge in [-0.25, -0.2) is 0 Å². The third-order valence-electron chi connectivity index (χ3n) is 9.00. The molecule has 0 bridgehead atoms. The minimum absolute atomic E-state index is 0.135. The first-order valence-corrected chi connectivity index (χ1v) is 30.5. The van der Waals surface area contributed by atoms with Crippen LogP contribution < -0.4 is 0 Å². The number of carbonyl (C=O) groups excluding carboxylic acids is 2. The minimum atomic E-state index is -2.50. The molecule has 0 heterocycles. The van der Waals surface area contributed by atoms with Gasteiger partial charge in [0, 0.05) is 0 Å². The Hall–Kier alpha value is 0.277. The van der Waals surface area contributed by atoms with Crippen molar-refractivity contribution in [1.82, 2.24) is 0 Å². The van der Waals surface area contributed by atoms with Crippen molar-refractivity contribution in [3.8, 4) is 0 Å². The average molecular weight is 806 g/mol. The molecule has 0 rings (SSSR count).